The number of ether oxygens (including phenoxy) is 5. The fourth-order valence-corrected chi connectivity index (χ4v) is 9.75. The van der Waals surface area contributed by atoms with E-state index in [1.807, 2.05) is 0 Å². The van der Waals surface area contributed by atoms with E-state index in [0.29, 0.717) is 19.3 Å². The van der Waals surface area contributed by atoms with Gasteiger partial charge in [0, 0.05) is 19.3 Å². The fraction of sp³-hybridized carbons (Fsp3) is 0.846. The van der Waals surface area contributed by atoms with Crippen molar-refractivity contribution in [3.05, 3.63) is 36.5 Å². The Morgan fingerprint density at radius 2 is 0.779 bits per heavy atom. The van der Waals surface area contributed by atoms with Crippen LogP contribution in [0.2, 0.25) is 0 Å². The summed E-state index contributed by atoms with van der Waals surface area (Å²) in [7, 11) is 0. The van der Waals surface area contributed by atoms with Gasteiger partial charge in [-0.3, -0.25) is 14.4 Å². The molecule has 1 aliphatic rings. The predicted molar refractivity (Wildman–Crippen MR) is 313 cm³/mol. The van der Waals surface area contributed by atoms with Crippen LogP contribution in [0.4, 0.5) is 0 Å². The number of hydrogen-bond donors (Lipinski definition) is 3. The fourth-order valence-electron chi connectivity index (χ4n) is 9.75. The molecule has 6 atom stereocenters. The normalized spacial score (nSPS) is 18.2. The maximum atomic E-state index is 13.1. The Balaban J connectivity index is 2.62. The van der Waals surface area contributed by atoms with Gasteiger partial charge in [0.15, 0.2) is 24.6 Å². The topological polar surface area (TPSA) is 175 Å². The van der Waals surface area contributed by atoms with E-state index < -0.39 is 67.3 Å². The van der Waals surface area contributed by atoms with Crippen LogP contribution in [0.25, 0.3) is 0 Å². The number of unbranched alkanes of at least 4 members (excludes halogenated alkanes) is 35. The molecule has 1 rings (SSSR count). The van der Waals surface area contributed by atoms with Crippen LogP contribution in [0.15, 0.2) is 36.5 Å². The highest BCUT2D eigenvalue weighted by Crippen LogP contribution is 2.27. The molecule has 1 saturated heterocycles. The lowest BCUT2D eigenvalue weighted by molar-refractivity contribution is -0.301. The van der Waals surface area contributed by atoms with E-state index in [0.717, 1.165) is 89.9 Å². The van der Waals surface area contributed by atoms with Crippen molar-refractivity contribution in [2.75, 3.05) is 13.2 Å². The molecule has 0 bridgehead atoms. The zero-order valence-corrected chi connectivity index (χ0v) is 49.5. The van der Waals surface area contributed by atoms with Gasteiger partial charge in [0.05, 0.1) is 6.61 Å². The number of hydrogen-bond acceptors (Lipinski definition) is 11. The third-order valence-corrected chi connectivity index (χ3v) is 14.7. The van der Waals surface area contributed by atoms with Crippen LogP contribution in [0.5, 0.6) is 0 Å². The lowest BCUT2D eigenvalue weighted by atomic mass is 9.98. The van der Waals surface area contributed by atoms with Gasteiger partial charge in [-0.2, -0.15) is 0 Å². The number of aliphatic hydroxyl groups excluding tert-OH is 2. The smallest absolute Gasteiger partial charge is 0.335 e. The first-order valence-corrected chi connectivity index (χ1v) is 32.0. The Hall–Kier alpha value is -3.06. The first-order valence-electron chi connectivity index (χ1n) is 32.0. The van der Waals surface area contributed by atoms with Crippen molar-refractivity contribution in [2.24, 2.45) is 0 Å². The summed E-state index contributed by atoms with van der Waals surface area (Å²) in [5, 5.41) is 31.5. The Kier molecular flexibility index (Phi) is 50.1. The molecule has 0 radical (unpaired) electrons. The highest BCUT2D eigenvalue weighted by molar-refractivity contribution is 5.74. The van der Waals surface area contributed by atoms with E-state index in [9.17, 15) is 34.5 Å². The number of carbonyl (C=O) groups is 4. The standard InChI is InChI=1S/C65H116O12/c1-4-7-10-13-16-19-22-24-26-28-29-31-33-35-38-41-44-47-50-53-59(68)76-63-61(70)60(69)62(64(71)72)77-65(63)74-55-56(75-58(67)52-49-46-43-40-36-21-18-15-12-9-6-3)54-73-57(66)51-48-45-42-39-37-34-32-30-27-25-23-20-17-14-11-8-5-2/h17,20,24-27,56,60-63,65,69-70H,4-16,18-19,21-23,28-55H2,1-3H3,(H,71,72)/b20-17-,26-24-,27-25-. The van der Waals surface area contributed by atoms with Gasteiger partial charge in [-0.15, -0.1) is 0 Å². The second-order valence-corrected chi connectivity index (χ2v) is 22.0. The number of carboxylic acid groups (broad SMARTS) is 1. The van der Waals surface area contributed by atoms with Crippen LogP contribution >= 0.6 is 0 Å². The minimum Gasteiger partial charge on any atom is -0.479 e. The molecule has 1 aliphatic heterocycles. The number of esters is 3. The number of allylic oxidation sites excluding steroid dienone is 6. The van der Waals surface area contributed by atoms with Crippen molar-refractivity contribution in [2.45, 2.75) is 340 Å². The number of aliphatic carboxylic acids is 1. The Bertz CT molecular complexity index is 1480. The quantitative estimate of drug-likeness (QED) is 0.0228. The van der Waals surface area contributed by atoms with Crippen LogP contribution in [0, 0.1) is 0 Å². The number of aliphatic hydroxyl groups is 2. The summed E-state index contributed by atoms with van der Waals surface area (Å²) in [6, 6.07) is 0. The highest BCUT2D eigenvalue weighted by atomic mass is 16.7. The molecule has 0 aromatic rings. The first kappa shape index (κ1) is 72.0. The molecule has 0 spiro atoms. The van der Waals surface area contributed by atoms with E-state index in [-0.39, 0.29) is 25.9 Å². The average Bonchev–Trinajstić information content (AvgIpc) is 3.41. The van der Waals surface area contributed by atoms with Crippen molar-refractivity contribution in [1.29, 1.82) is 0 Å². The summed E-state index contributed by atoms with van der Waals surface area (Å²) in [6.45, 7) is 5.98. The van der Waals surface area contributed by atoms with Crippen LogP contribution in [-0.2, 0) is 42.9 Å². The van der Waals surface area contributed by atoms with Crippen LogP contribution in [0.3, 0.4) is 0 Å². The monoisotopic (exact) mass is 1090 g/mol. The SMILES string of the molecule is CCCCC/C=C\C/C=C\CCCCCCCCCC(=O)OCC(COC1OC(C(=O)O)C(O)C(O)C1OC(=O)CCCCCCCCCCC/C=C\CCCCCCCC)OC(=O)CCCCCCCCCCCCC. The molecule has 0 saturated carbocycles. The summed E-state index contributed by atoms with van der Waals surface area (Å²) >= 11 is 0. The van der Waals surface area contributed by atoms with Gasteiger partial charge in [-0.25, -0.2) is 4.79 Å². The van der Waals surface area contributed by atoms with Crippen molar-refractivity contribution in [3.8, 4) is 0 Å². The van der Waals surface area contributed by atoms with Crippen molar-refractivity contribution < 1.29 is 58.2 Å². The zero-order chi connectivity index (χ0) is 56.1. The van der Waals surface area contributed by atoms with Gasteiger partial charge in [0.2, 0.25) is 0 Å². The zero-order valence-electron chi connectivity index (χ0n) is 49.5. The van der Waals surface area contributed by atoms with E-state index >= 15 is 0 Å². The summed E-state index contributed by atoms with van der Waals surface area (Å²) in [6.07, 6.45) is 51.1. The van der Waals surface area contributed by atoms with E-state index in [4.69, 9.17) is 23.7 Å². The van der Waals surface area contributed by atoms with Gasteiger partial charge in [0.1, 0.15) is 18.8 Å². The van der Waals surface area contributed by atoms with Crippen LogP contribution in [0.1, 0.15) is 303 Å². The van der Waals surface area contributed by atoms with Gasteiger partial charge < -0.3 is 39.0 Å². The molecular formula is C65H116O12. The van der Waals surface area contributed by atoms with Crippen molar-refractivity contribution >= 4 is 23.9 Å². The highest BCUT2D eigenvalue weighted by Gasteiger charge is 2.50. The maximum Gasteiger partial charge on any atom is 0.335 e. The summed E-state index contributed by atoms with van der Waals surface area (Å²) < 4.78 is 28.5. The average molecular weight is 1090 g/mol. The number of carbonyl (C=O) groups excluding carboxylic acids is 3. The molecule has 6 unspecified atom stereocenters. The number of rotatable bonds is 55. The van der Waals surface area contributed by atoms with Gasteiger partial charge >= 0.3 is 23.9 Å². The third kappa shape index (κ3) is 43.4. The van der Waals surface area contributed by atoms with Crippen LogP contribution in [-0.4, -0.2) is 89.2 Å². The molecule has 3 N–H and O–H groups in total. The Morgan fingerprint density at radius 1 is 0.429 bits per heavy atom. The largest absolute Gasteiger partial charge is 0.479 e. The predicted octanol–water partition coefficient (Wildman–Crippen LogP) is 16.8. The van der Waals surface area contributed by atoms with E-state index in [2.05, 4.69) is 57.2 Å². The molecule has 1 heterocycles. The van der Waals surface area contributed by atoms with Crippen LogP contribution < -0.4 is 0 Å². The lowest BCUT2D eigenvalue weighted by Crippen LogP contribution is -2.61. The van der Waals surface area contributed by atoms with Gasteiger partial charge in [-0.05, 0) is 77.0 Å². The molecule has 1 fully saturated rings. The molecule has 448 valence electrons. The molecule has 12 nitrogen and oxygen atoms in total. The van der Waals surface area contributed by atoms with Gasteiger partial charge in [-0.1, -0.05) is 243 Å². The third-order valence-electron chi connectivity index (χ3n) is 14.7. The van der Waals surface area contributed by atoms with Gasteiger partial charge in [0.25, 0.3) is 0 Å². The molecule has 0 aliphatic carbocycles. The molecule has 0 amide bonds. The number of carboxylic acids is 1. The van der Waals surface area contributed by atoms with Crippen molar-refractivity contribution in [1.82, 2.24) is 0 Å². The minimum atomic E-state index is -1.90. The molecular weight excluding hydrogens is 973 g/mol. The van der Waals surface area contributed by atoms with Crippen molar-refractivity contribution in [3.63, 3.8) is 0 Å². The Morgan fingerprint density at radius 3 is 1.21 bits per heavy atom. The summed E-state index contributed by atoms with van der Waals surface area (Å²) in [5.74, 6) is -3.10. The maximum absolute atomic E-state index is 13.1. The lowest BCUT2D eigenvalue weighted by Gasteiger charge is -2.40. The molecule has 77 heavy (non-hydrogen) atoms. The molecule has 12 heteroatoms. The summed E-state index contributed by atoms with van der Waals surface area (Å²) in [4.78, 5) is 51.2. The molecule has 0 aromatic carbocycles. The Labute approximate surface area is 470 Å². The molecule has 0 aromatic heterocycles. The first-order chi connectivity index (χ1) is 37.6. The minimum absolute atomic E-state index is 0.0611. The summed E-state index contributed by atoms with van der Waals surface area (Å²) in [5.41, 5.74) is 0. The van der Waals surface area contributed by atoms with E-state index in [1.165, 1.54) is 154 Å². The second kappa shape index (κ2) is 53.6. The second-order valence-electron chi connectivity index (χ2n) is 22.0. The van der Waals surface area contributed by atoms with E-state index in [1.54, 1.807) is 0 Å².